The third-order valence-electron chi connectivity index (χ3n) is 2.52. The minimum atomic E-state index is 0.919. The van der Waals surface area contributed by atoms with Gasteiger partial charge in [0.15, 0.2) is 0 Å². The molecule has 110 valence electrons. The molecule has 21 heavy (non-hydrogen) atoms. The predicted octanol–water partition coefficient (Wildman–Crippen LogP) is 5.84. The third-order valence-corrected chi connectivity index (χ3v) is 2.52. The van der Waals surface area contributed by atoms with Crippen molar-refractivity contribution in [2.24, 2.45) is 0 Å². The fraction of sp³-hybridized carbons (Fsp3) is 0.100. The molecule has 0 rings (SSSR count). The quantitative estimate of drug-likeness (QED) is 0.479. The Hall–Kier alpha value is -2.54. The normalized spacial score (nSPS) is 13.5. The van der Waals surface area contributed by atoms with Crippen molar-refractivity contribution < 1.29 is 0 Å². The highest BCUT2D eigenvalue weighted by Crippen LogP contribution is 2.24. The molecule has 1 heteroatoms. The lowest BCUT2D eigenvalue weighted by atomic mass is 10.2. The fourth-order valence-corrected chi connectivity index (χ4v) is 1.79. The second-order valence-electron chi connectivity index (χ2n) is 4.02. The first-order valence-electron chi connectivity index (χ1n) is 6.86. The first-order valence-corrected chi connectivity index (χ1v) is 6.86. The molecule has 0 saturated carbocycles. The summed E-state index contributed by atoms with van der Waals surface area (Å²) in [6.45, 7) is 19.2. The number of nitrogens with zero attached hydrogens (tertiary/aromatic N) is 1. The summed E-state index contributed by atoms with van der Waals surface area (Å²) in [5.41, 5.74) is 2.88. The summed E-state index contributed by atoms with van der Waals surface area (Å²) < 4.78 is 0. The molecule has 0 spiro atoms. The second-order valence-corrected chi connectivity index (χ2v) is 4.02. The molecule has 0 aromatic heterocycles. The molecular weight excluding hydrogens is 254 g/mol. The molecular formula is C20H25N. The Balaban J connectivity index is 6.27. The standard InChI is InChI=1S/C20H25N/c1-7-13-18(12-6)21(19(14-8-2)15-9-3)20(16-10-4)17-11-5/h7-17H,1-2,4,6H2,3,5H3/b15-9-,17-11-,18-13+,19-14+,20-16+. The summed E-state index contributed by atoms with van der Waals surface area (Å²) >= 11 is 0. The Labute approximate surface area is 129 Å². The predicted molar refractivity (Wildman–Crippen MR) is 96.5 cm³/mol. The van der Waals surface area contributed by atoms with Gasteiger partial charge in [0.25, 0.3) is 0 Å². The first kappa shape index (κ1) is 18.5. The lowest BCUT2D eigenvalue weighted by Crippen LogP contribution is -2.19. The van der Waals surface area contributed by atoms with Crippen LogP contribution in [0.3, 0.4) is 0 Å². The number of hydrogen-bond donors (Lipinski definition) is 0. The van der Waals surface area contributed by atoms with E-state index in [4.69, 9.17) is 0 Å². The van der Waals surface area contributed by atoms with E-state index in [0.29, 0.717) is 0 Å². The van der Waals surface area contributed by atoms with Crippen molar-refractivity contribution in [3.8, 4) is 0 Å². The van der Waals surface area contributed by atoms with E-state index in [1.165, 1.54) is 0 Å². The lowest BCUT2D eigenvalue weighted by Gasteiger charge is -2.28. The smallest absolute Gasteiger partial charge is 0.0458 e. The largest absolute Gasteiger partial charge is 0.311 e. The molecule has 0 aromatic carbocycles. The maximum absolute atomic E-state index is 3.89. The third kappa shape index (κ3) is 5.96. The van der Waals surface area contributed by atoms with Crippen LogP contribution in [0.15, 0.2) is 110 Å². The van der Waals surface area contributed by atoms with Crippen molar-refractivity contribution in [2.75, 3.05) is 0 Å². The van der Waals surface area contributed by atoms with E-state index in [1.807, 2.05) is 56.4 Å². The lowest BCUT2D eigenvalue weighted by molar-refractivity contribution is 0.578. The monoisotopic (exact) mass is 279 g/mol. The van der Waals surface area contributed by atoms with E-state index in [9.17, 15) is 0 Å². The molecule has 0 aliphatic carbocycles. The topological polar surface area (TPSA) is 3.24 Å². The van der Waals surface area contributed by atoms with E-state index in [0.717, 1.165) is 17.1 Å². The maximum atomic E-state index is 3.89. The summed E-state index contributed by atoms with van der Waals surface area (Å²) in [6, 6.07) is 0. The van der Waals surface area contributed by atoms with E-state index in [-0.39, 0.29) is 0 Å². The average molecular weight is 279 g/mol. The number of allylic oxidation sites excluding steroid dienone is 11. The molecule has 1 nitrogen and oxygen atoms in total. The summed E-state index contributed by atoms with van der Waals surface area (Å²) in [5.74, 6) is 0. The zero-order chi connectivity index (χ0) is 16.1. The highest BCUT2D eigenvalue weighted by Gasteiger charge is 2.12. The van der Waals surface area contributed by atoms with Crippen molar-refractivity contribution in [1.82, 2.24) is 4.90 Å². The fourth-order valence-electron chi connectivity index (χ4n) is 1.79. The minimum Gasteiger partial charge on any atom is -0.311 e. The van der Waals surface area contributed by atoms with Crippen LogP contribution in [0.25, 0.3) is 0 Å². The Bertz CT molecular complexity index is 488. The van der Waals surface area contributed by atoms with E-state index in [2.05, 4.69) is 31.2 Å². The van der Waals surface area contributed by atoms with Crippen LogP contribution in [-0.2, 0) is 0 Å². The van der Waals surface area contributed by atoms with Gasteiger partial charge in [0, 0.05) is 17.1 Å². The summed E-state index contributed by atoms with van der Waals surface area (Å²) in [4.78, 5) is 2.07. The van der Waals surface area contributed by atoms with E-state index < -0.39 is 0 Å². The second kappa shape index (κ2) is 11.3. The van der Waals surface area contributed by atoms with E-state index >= 15 is 0 Å². The molecule has 0 radical (unpaired) electrons. The van der Waals surface area contributed by atoms with Crippen LogP contribution in [0.1, 0.15) is 13.8 Å². The van der Waals surface area contributed by atoms with Crippen LogP contribution in [-0.4, -0.2) is 4.90 Å². The Morgan fingerprint density at radius 1 is 0.667 bits per heavy atom. The highest BCUT2D eigenvalue weighted by atomic mass is 15.2. The Kier molecular flexibility index (Phi) is 9.93. The SMILES string of the molecule is C=C/C=C(\C=C)N(C(/C=C\C)=C/C=C)C(/C=C\C)=C/C=C. The van der Waals surface area contributed by atoms with Crippen molar-refractivity contribution in [2.45, 2.75) is 13.8 Å². The van der Waals surface area contributed by atoms with Crippen molar-refractivity contribution in [1.29, 1.82) is 0 Å². The number of hydrogen-bond acceptors (Lipinski definition) is 1. The molecule has 0 heterocycles. The van der Waals surface area contributed by atoms with Gasteiger partial charge < -0.3 is 4.90 Å². The summed E-state index contributed by atoms with van der Waals surface area (Å²) in [7, 11) is 0. The van der Waals surface area contributed by atoms with Gasteiger partial charge in [-0.1, -0.05) is 56.7 Å². The van der Waals surface area contributed by atoms with Crippen LogP contribution < -0.4 is 0 Å². The molecule has 0 bridgehead atoms. The van der Waals surface area contributed by atoms with Gasteiger partial charge in [-0.15, -0.1) is 0 Å². The van der Waals surface area contributed by atoms with Crippen LogP contribution >= 0.6 is 0 Å². The van der Waals surface area contributed by atoms with Crippen LogP contribution in [0.5, 0.6) is 0 Å². The van der Waals surface area contributed by atoms with Crippen LogP contribution in [0, 0.1) is 0 Å². The van der Waals surface area contributed by atoms with Crippen LogP contribution in [0.2, 0.25) is 0 Å². The Morgan fingerprint density at radius 3 is 1.33 bits per heavy atom. The molecule has 0 aliphatic heterocycles. The van der Waals surface area contributed by atoms with Gasteiger partial charge in [0.2, 0.25) is 0 Å². The molecule has 0 saturated heterocycles. The minimum absolute atomic E-state index is 0.919. The maximum Gasteiger partial charge on any atom is 0.0458 e. The van der Waals surface area contributed by atoms with Gasteiger partial charge in [0.05, 0.1) is 0 Å². The zero-order valence-corrected chi connectivity index (χ0v) is 13.1. The van der Waals surface area contributed by atoms with E-state index in [1.54, 1.807) is 24.3 Å². The van der Waals surface area contributed by atoms with Gasteiger partial charge in [-0.3, -0.25) is 0 Å². The van der Waals surface area contributed by atoms with Crippen LogP contribution in [0.4, 0.5) is 0 Å². The average Bonchev–Trinajstić information content (AvgIpc) is 2.47. The summed E-state index contributed by atoms with van der Waals surface area (Å²) in [5, 5.41) is 0. The van der Waals surface area contributed by atoms with Crippen molar-refractivity contribution >= 4 is 0 Å². The first-order chi connectivity index (χ1) is 10.2. The molecule has 0 fully saturated rings. The molecule has 0 atom stereocenters. The zero-order valence-electron chi connectivity index (χ0n) is 13.1. The van der Waals surface area contributed by atoms with Crippen molar-refractivity contribution in [3.05, 3.63) is 110 Å². The Morgan fingerprint density at radius 2 is 1.05 bits per heavy atom. The van der Waals surface area contributed by atoms with Gasteiger partial charge in [-0.25, -0.2) is 0 Å². The van der Waals surface area contributed by atoms with Gasteiger partial charge in [-0.2, -0.15) is 0 Å². The molecule has 0 aliphatic rings. The molecule has 0 aromatic rings. The molecule has 0 N–H and O–H groups in total. The van der Waals surface area contributed by atoms with Gasteiger partial charge in [0.1, 0.15) is 0 Å². The van der Waals surface area contributed by atoms with Crippen molar-refractivity contribution in [3.63, 3.8) is 0 Å². The van der Waals surface area contributed by atoms with Gasteiger partial charge >= 0.3 is 0 Å². The highest BCUT2D eigenvalue weighted by molar-refractivity contribution is 5.40. The number of rotatable bonds is 9. The van der Waals surface area contributed by atoms with Gasteiger partial charge in [-0.05, 0) is 50.3 Å². The summed E-state index contributed by atoms with van der Waals surface area (Å²) in [6.07, 6.45) is 20.9. The molecule has 0 unspecified atom stereocenters. The molecule has 0 amide bonds.